The normalized spacial score (nSPS) is 12.0. The monoisotopic (exact) mass is 133 g/mol. The Hall–Kier alpha value is -0.120. The molecule has 0 aliphatic carbocycles. The van der Waals surface area contributed by atoms with Crippen molar-refractivity contribution < 1.29 is 14.2 Å². The molecule has 1 atom stereocenters. The van der Waals surface area contributed by atoms with E-state index in [-0.39, 0.29) is 0 Å². The molecule has 0 bridgehead atoms. The van der Waals surface area contributed by atoms with Gasteiger partial charge in [0.2, 0.25) is 0 Å². The van der Waals surface area contributed by atoms with E-state index in [1.165, 1.54) is 7.11 Å². The van der Waals surface area contributed by atoms with Crippen molar-refractivity contribution in [1.29, 1.82) is 0 Å². The molecule has 0 amide bonds. The second-order valence-corrected chi connectivity index (χ2v) is 1.64. The lowest BCUT2D eigenvalue weighted by molar-refractivity contribution is -0.340. The number of hydrogen-bond donors (Lipinski definition) is 0. The molecule has 0 rings (SSSR count). The lowest BCUT2D eigenvalue weighted by atomic mass is 10.6. The van der Waals surface area contributed by atoms with E-state index in [1.54, 1.807) is 6.92 Å². The van der Waals surface area contributed by atoms with Gasteiger partial charge in [-0.2, -0.15) is 0 Å². The van der Waals surface area contributed by atoms with Gasteiger partial charge in [0.05, 0.1) is 7.11 Å². The van der Waals surface area contributed by atoms with E-state index < -0.39 is 5.97 Å². The molecule has 1 unspecified atom stereocenters. The minimum Gasteiger partial charge on any atom is -0.331 e. The average molecular weight is 133 g/mol. The molecule has 0 N–H and O–H groups in total. The van der Waals surface area contributed by atoms with Crippen LogP contribution in [0.15, 0.2) is 0 Å². The van der Waals surface area contributed by atoms with Crippen LogP contribution in [-0.4, -0.2) is 19.7 Å². The van der Waals surface area contributed by atoms with Crippen molar-refractivity contribution in [1.82, 2.24) is 0 Å². The van der Waals surface area contributed by atoms with Gasteiger partial charge >= 0.3 is 0 Å². The van der Waals surface area contributed by atoms with Gasteiger partial charge in [-0.3, -0.25) is 0 Å². The Morgan fingerprint density at radius 3 is 2.22 bits per heavy atom. The standard InChI is InChI=1S/C6H13O3/c1-5-9-6(2,7-3)8-4/h3,5H2,1-2,4H3. The van der Waals surface area contributed by atoms with Gasteiger partial charge in [0.1, 0.15) is 0 Å². The largest absolute Gasteiger partial charge is 0.331 e. The Labute approximate surface area is 55.9 Å². The molecule has 0 aromatic rings. The van der Waals surface area contributed by atoms with Crippen LogP contribution in [0.4, 0.5) is 0 Å². The van der Waals surface area contributed by atoms with Crippen molar-refractivity contribution in [2.45, 2.75) is 19.8 Å². The van der Waals surface area contributed by atoms with Gasteiger partial charge < -0.3 is 14.2 Å². The van der Waals surface area contributed by atoms with Gasteiger partial charge in [0.25, 0.3) is 5.97 Å². The minimum absolute atomic E-state index is 0.542. The molecule has 9 heavy (non-hydrogen) atoms. The van der Waals surface area contributed by atoms with E-state index in [1.807, 2.05) is 6.92 Å². The smallest absolute Gasteiger partial charge is 0.279 e. The van der Waals surface area contributed by atoms with Crippen LogP contribution >= 0.6 is 0 Å². The Balaban J connectivity index is 3.62. The maximum absolute atomic E-state index is 5.02. The molecule has 3 nitrogen and oxygen atoms in total. The van der Waals surface area contributed by atoms with Crippen LogP contribution in [0, 0.1) is 7.11 Å². The van der Waals surface area contributed by atoms with Crippen molar-refractivity contribution in [3.8, 4) is 0 Å². The summed E-state index contributed by atoms with van der Waals surface area (Å²) in [5, 5.41) is 0. The third-order valence-corrected chi connectivity index (χ3v) is 1.04. The van der Waals surface area contributed by atoms with Crippen LogP contribution < -0.4 is 0 Å². The quantitative estimate of drug-likeness (QED) is 0.538. The van der Waals surface area contributed by atoms with E-state index in [2.05, 4.69) is 11.8 Å². The lowest BCUT2D eigenvalue weighted by Gasteiger charge is -2.24. The average Bonchev–Trinajstić information content (AvgIpc) is 1.89. The third-order valence-electron chi connectivity index (χ3n) is 1.04. The maximum atomic E-state index is 5.02. The van der Waals surface area contributed by atoms with Gasteiger partial charge in [-0.05, 0) is 6.92 Å². The summed E-state index contributed by atoms with van der Waals surface area (Å²) in [5.74, 6) is -0.977. The molecular formula is C6H13O3. The fourth-order valence-electron chi connectivity index (χ4n) is 0.422. The fraction of sp³-hybridized carbons (Fsp3) is 0.833. The molecule has 0 aliphatic rings. The zero-order valence-corrected chi connectivity index (χ0v) is 6.14. The SMILES string of the molecule is [CH2]OC(C)(OC)OCC. The highest BCUT2D eigenvalue weighted by molar-refractivity contribution is 4.43. The highest BCUT2D eigenvalue weighted by Gasteiger charge is 2.21. The fourth-order valence-corrected chi connectivity index (χ4v) is 0.422. The molecule has 55 valence electrons. The summed E-state index contributed by atoms with van der Waals surface area (Å²) in [4.78, 5) is 0. The summed E-state index contributed by atoms with van der Waals surface area (Å²) >= 11 is 0. The van der Waals surface area contributed by atoms with Crippen LogP contribution in [0.5, 0.6) is 0 Å². The van der Waals surface area contributed by atoms with E-state index in [0.717, 1.165) is 0 Å². The first-order valence-electron chi connectivity index (χ1n) is 2.81. The topological polar surface area (TPSA) is 27.7 Å². The predicted molar refractivity (Wildman–Crippen MR) is 33.5 cm³/mol. The Morgan fingerprint density at radius 2 is 2.11 bits per heavy atom. The first kappa shape index (κ1) is 8.88. The van der Waals surface area contributed by atoms with Gasteiger partial charge in [-0.15, -0.1) is 0 Å². The molecule has 1 radical (unpaired) electrons. The summed E-state index contributed by atoms with van der Waals surface area (Å²) < 4.78 is 14.5. The van der Waals surface area contributed by atoms with Crippen LogP contribution in [0.3, 0.4) is 0 Å². The number of ether oxygens (including phenoxy) is 3. The molecule has 0 fully saturated rings. The lowest BCUT2D eigenvalue weighted by Crippen LogP contribution is -2.32. The summed E-state index contributed by atoms with van der Waals surface area (Å²) in [5.41, 5.74) is 0. The highest BCUT2D eigenvalue weighted by Crippen LogP contribution is 2.10. The van der Waals surface area contributed by atoms with Crippen LogP contribution in [0.2, 0.25) is 0 Å². The van der Waals surface area contributed by atoms with E-state index in [4.69, 9.17) is 9.47 Å². The van der Waals surface area contributed by atoms with E-state index >= 15 is 0 Å². The molecule has 0 heterocycles. The van der Waals surface area contributed by atoms with Gasteiger partial charge in [0.15, 0.2) is 0 Å². The van der Waals surface area contributed by atoms with Crippen molar-refractivity contribution in [3.63, 3.8) is 0 Å². The zero-order valence-electron chi connectivity index (χ0n) is 6.14. The van der Waals surface area contributed by atoms with Crippen molar-refractivity contribution in [2.75, 3.05) is 13.7 Å². The zero-order chi connectivity index (χ0) is 7.33. The molecule has 0 aliphatic heterocycles. The summed E-state index contributed by atoms with van der Waals surface area (Å²) in [7, 11) is 4.70. The predicted octanol–water partition coefficient (Wildman–Crippen LogP) is 1.15. The van der Waals surface area contributed by atoms with Gasteiger partial charge in [-0.25, -0.2) is 0 Å². The summed E-state index contributed by atoms with van der Waals surface area (Å²) in [6.45, 7) is 4.06. The molecule has 0 aromatic heterocycles. The number of hydrogen-bond acceptors (Lipinski definition) is 3. The molecule has 0 aromatic carbocycles. The molecule has 0 spiro atoms. The van der Waals surface area contributed by atoms with Crippen molar-refractivity contribution >= 4 is 0 Å². The van der Waals surface area contributed by atoms with Crippen molar-refractivity contribution in [3.05, 3.63) is 7.11 Å². The van der Waals surface area contributed by atoms with E-state index in [9.17, 15) is 0 Å². The van der Waals surface area contributed by atoms with Crippen molar-refractivity contribution in [2.24, 2.45) is 0 Å². The van der Waals surface area contributed by atoms with Gasteiger partial charge in [0, 0.05) is 20.6 Å². The van der Waals surface area contributed by atoms with Crippen LogP contribution in [-0.2, 0) is 14.2 Å². The molecular weight excluding hydrogens is 120 g/mol. The Kier molecular flexibility index (Phi) is 3.77. The third kappa shape index (κ3) is 2.79. The maximum Gasteiger partial charge on any atom is 0.279 e. The molecule has 0 saturated heterocycles. The highest BCUT2D eigenvalue weighted by atomic mass is 16.9. The molecule has 3 heteroatoms. The first-order valence-corrected chi connectivity index (χ1v) is 2.81. The van der Waals surface area contributed by atoms with E-state index in [0.29, 0.717) is 6.61 Å². The first-order chi connectivity index (χ1) is 4.18. The van der Waals surface area contributed by atoms with Crippen LogP contribution in [0.1, 0.15) is 13.8 Å². The Bertz CT molecular complexity index is 68.7. The number of methoxy groups -OCH3 is 1. The number of rotatable bonds is 4. The van der Waals surface area contributed by atoms with Crippen LogP contribution in [0.25, 0.3) is 0 Å². The second-order valence-electron chi connectivity index (χ2n) is 1.64. The molecule has 0 saturated carbocycles. The minimum atomic E-state index is -0.977. The summed E-state index contributed by atoms with van der Waals surface area (Å²) in [6, 6.07) is 0. The second kappa shape index (κ2) is 3.82. The van der Waals surface area contributed by atoms with Gasteiger partial charge in [-0.1, -0.05) is 0 Å². The summed E-state index contributed by atoms with van der Waals surface area (Å²) in [6.07, 6.45) is 0. The Morgan fingerprint density at radius 1 is 1.56 bits per heavy atom.